The highest BCUT2D eigenvalue weighted by atomic mass is 32.2. The van der Waals surface area contributed by atoms with Crippen LogP contribution in [0.4, 0.5) is 0 Å². The molecule has 5 nitrogen and oxygen atoms in total. The SMILES string of the molecule is CC.CCN(Cc1ccc(COc2ccc(CCC(=O)OC)cc2)cc1)C(=N)S/C=C/c1ccccc1. The minimum absolute atomic E-state index is 0.202. The molecule has 6 heteroatoms. The van der Waals surface area contributed by atoms with Gasteiger partial charge in [0.25, 0.3) is 0 Å². The lowest BCUT2D eigenvalue weighted by atomic mass is 10.1. The number of thioether (sulfide) groups is 1. The lowest BCUT2D eigenvalue weighted by molar-refractivity contribution is -0.140. The minimum Gasteiger partial charge on any atom is -0.489 e. The Balaban J connectivity index is 0.00000235. The van der Waals surface area contributed by atoms with Crippen LogP contribution in [0.2, 0.25) is 0 Å². The number of hydrogen-bond acceptors (Lipinski definition) is 5. The highest BCUT2D eigenvalue weighted by Crippen LogP contribution is 2.18. The van der Waals surface area contributed by atoms with Gasteiger partial charge in [0.15, 0.2) is 5.17 Å². The van der Waals surface area contributed by atoms with Crippen LogP contribution in [0.1, 0.15) is 49.4 Å². The van der Waals surface area contributed by atoms with E-state index < -0.39 is 0 Å². The summed E-state index contributed by atoms with van der Waals surface area (Å²) < 4.78 is 10.6. The van der Waals surface area contributed by atoms with E-state index in [1.54, 1.807) is 0 Å². The first-order valence-electron chi connectivity index (χ1n) is 12.7. The molecule has 0 aliphatic rings. The van der Waals surface area contributed by atoms with Gasteiger partial charge in [-0.05, 0) is 59.2 Å². The predicted molar refractivity (Wildman–Crippen MR) is 156 cm³/mol. The quantitative estimate of drug-likeness (QED) is 0.161. The number of benzene rings is 3. The Morgan fingerprint density at radius 2 is 1.54 bits per heavy atom. The number of nitrogens with zero attached hydrogens (tertiary/aromatic N) is 1. The molecule has 0 radical (unpaired) electrons. The van der Waals surface area contributed by atoms with Gasteiger partial charge in [-0.25, -0.2) is 0 Å². The molecule has 0 saturated heterocycles. The maximum absolute atomic E-state index is 11.3. The summed E-state index contributed by atoms with van der Waals surface area (Å²) in [6.45, 7) is 8.01. The van der Waals surface area contributed by atoms with E-state index in [1.165, 1.54) is 18.9 Å². The van der Waals surface area contributed by atoms with Crippen molar-refractivity contribution >= 4 is 29.0 Å². The summed E-state index contributed by atoms with van der Waals surface area (Å²) in [5.74, 6) is 0.591. The maximum Gasteiger partial charge on any atom is 0.305 e. The lowest BCUT2D eigenvalue weighted by Crippen LogP contribution is -2.27. The van der Waals surface area contributed by atoms with Gasteiger partial charge in [0.2, 0.25) is 0 Å². The standard InChI is InChI=1S/C29H32N2O3S.C2H6/c1-3-31(29(30)35-20-19-23-7-5-4-6-8-23)21-25-9-11-26(12-10-25)22-34-27-16-13-24(14-17-27)15-18-28(32)33-2;1-2/h4-14,16-17,19-20,30H,3,15,18,21-22H2,1-2H3;1-2H3/b20-19+,30-29?;. The zero-order chi connectivity index (χ0) is 26.9. The molecule has 0 heterocycles. The second-order valence-electron chi connectivity index (χ2n) is 7.98. The minimum atomic E-state index is -0.202. The monoisotopic (exact) mass is 518 g/mol. The lowest BCUT2D eigenvalue weighted by Gasteiger charge is -2.22. The summed E-state index contributed by atoms with van der Waals surface area (Å²) in [7, 11) is 1.40. The number of hydrogen-bond donors (Lipinski definition) is 1. The number of methoxy groups -OCH3 is 1. The molecule has 196 valence electrons. The van der Waals surface area contributed by atoms with Crippen molar-refractivity contribution in [1.82, 2.24) is 4.90 Å². The summed E-state index contributed by atoms with van der Waals surface area (Å²) in [5.41, 5.74) is 4.44. The van der Waals surface area contributed by atoms with Crippen LogP contribution in [-0.4, -0.2) is 29.7 Å². The smallest absolute Gasteiger partial charge is 0.305 e. The number of ether oxygens (including phenoxy) is 2. The normalized spacial score (nSPS) is 10.4. The van der Waals surface area contributed by atoms with Crippen molar-refractivity contribution in [1.29, 1.82) is 5.41 Å². The fourth-order valence-electron chi connectivity index (χ4n) is 3.37. The molecule has 0 aliphatic carbocycles. The number of carbonyl (C=O) groups is 1. The Morgan fingerprint density at radius 3 is 2.16 bits per heavy atom. The van der Waals surface area contributed by atoms with E-state index >= 15 is 0 Å². The highest BCUT2D eigenvalue weighted by Gasteiger charge is 2.08. The topological polar surface area (TPSA) is 62.6 Å². The third-order valence-electron chi connectivity index (χ3n) is 5.48. The van der Waals surface area contributed by atoms with Gasteiger partial charge in [0, 0.05) is 19.5 Å². The molecule has 0 unspecified atom stereocenters. The van der Waals surface area contributed by atoms with Crippen LogP contribution < -0.4 is 4.74 Å². The van der Waals surface area contributed by atoms with E-state index in [-0.39, 0.29) is 5.97 Å². The molecule has 37 heavy (non-hydrogen) atoms. The van der Waals surface area contributed by atoms with Gasteiger partial charge in [-0.1, -0.05) is 92.3 Å². The number of amidine groups is 1. The van der Waals surface area contributed by atoms with Crippen molar-refractivity contribution in [3.05, 3.63) is 107 Å². The molecule has 0 spiro atoms. The summed E-state index contributed by atoms with van der Waals surface area (Å²) in [6.07, 6.45) is 3.06. The Labute approximate surface area is 226 Å². The van der Waals surface area contributed by atoms with Crippen LogP contribution in [-0.2, 0) is 29.1 Å². The molecule has 1 N–H and O–H groups in total. The first kappa shape index (κ1) is 29.7. The first-order valence-corrected chi connectivity index (χ1v) is 13.5. The Morgan fingerprint density at radius 1 is 0.919 bits per heavy atom. The maximum atomic E-state index is 11.3. The molecule has 0 atom stereocenters. The van der Waals surface area contributed by atoms with E-state index in [9.17, 15) is 4.79 Å². The van der Waals surface area contributed by atoms with Crippen molar-refractivity contribution in [2.45, 2.75) is 46.8 Å². The molecule has 3 aromatic carbocycles. The third-order valence-corrected chi connectivity index (χ3v) is 6.23. The Kier molecular flexibility index (Phi) is 13.7. The van der Waals surface area contributed by atoms with E-state index in [2.05, 4.69) is 35.9 Å². The summed E-state index contributed by atoms with van der Waals surface area (Å²) >= 11 is 1.42. The Bertz CT molecular complexity index is 1100. The molecule has 0 saturated carbocycles. The Hall–Kier alpha value is -3.51. The number of carbonyl (C=O) groups excluding carboxylic acids is 1. The van der Waals surface area contributed by atoms with Crippen molar-refractivity contribution in [3.8, 4) is 5.75 Å². The molecule has 0 aromatic heterocycles. The summed E-state index contributed by atoms with van der Waals surface area (Å²) in [5, 5.41) is 10.9. The zero-order valence-electron chi connectivity index (χ0n) is 22.3. The average molecular weight is 519 g/mol. The molecule has 0 bridgehead atoms. The number of aryl methyl sites for hydroxylation is 1. The van der Waals surface area contributed by atoms with Crippen LogP contribution >= 0.6 is 11.8 Å². The van der Waals surface area contributed by atoms with E-state index in [0.29, 0.717) is 31.2 Å². The van der Waals surface area contributed by atoms with E-state index in [0.717, 1.165) is 34.5 Å². The van der Waals surface area contributed by atoms with Gasteiger partial charge < -0.3 is 14.4 Å². The van der Waals surface area contributed by atoms with Crippen molar-refractivity contribution in [2.24, 2.45) is 0 Å². The van der Waals surface area contributed by atoms with E-state index in [1.807, 2.05) is 84.8 Å². The predicted octanol–water partition coefficient (Wildman–Crippen LogP) is 7.56. The summed E-state index contributed by atoms with van der Waals surface area (Å²) in [4.78, 5) is 13.3. The molecule has 3 rings (SSSR count). The van der Waals surface area contributed by atoms with Crippen molar-refractivity contribution in [3.63, 3.8) is 0 Å². The largest absolute Gasteiger partial charge is 0.489 e. The van der Waals surface area contributed by atoms with E-state index in [4.69, 9.17) is 10.1 Å². The highest BCUT2D eigenvalue weighted by molar-refractivity contribution is 8.16. The molecular weight excluding hydrogens is 480 g/mol. The average Bonchev–Trinajstić information content (AvgIpc) is 2.96. The number of esters is 1. The van der Waals surface area contributed by atoms with Crippen molar-refractivity contribution in [2.75, 3.05) is 13.7 Å². The van der Waals surface area contributed by atoms with Crippen LogP contribution in [0.5, 0.6) is 5.75 Å². The molecule has 0 aliphatic heterocycles. The zero-order valence-corrected chi connectivity index (χ0v) is 23.1. The van der Waals surface area contributed by atoms with Crippen LogP contribution in [0.15, 0.2) is 84.3 Å². The second kappa shape index (κ2) is 17.0. The first-order chi connectivity index (χ1) is 18.1. The number of rotatable bonds is 11. The summed E-state index contributed by atoms with van der Waals surface area (Å²) in [6, 6.07) is 26.2. The van der Waals surface area contributed by atoms with Crippen LogP contribution in [0, 0.1) is 5.41 Å². The van der Waals surface area contributed by atoms with Gasteiger partial charge >= 0.3 is 5.97 Å². The van der Waals surface area contributed by atoms with Gasteiger partial charge in [0.05, 0.1) is 7.11 Å². The van der Waals surface area contributed by atoms with Gasteiger partial charge in [-0.2, -0.15) is 0 Å². The van der Waals surface area contributed by atoms with Gasteiger partial charge in [-0.3, -0.25) is 10.2 Å². The van der Waals surface area contributed by atoms with Crippen molar-refractivity contribution < 1.29 is 14.3 Å². The van der Waals surface area contributed by atoms with Crippen LogP contribution in [0.25, 0.3) is 6.08 Å². The molecule has 0 amide bonds. The second-order valence-corrected chi connectivity index (χ2v) is 8.87. The van der Waals surface area contributed by atoms with Gasteiger partial charge in [0.1, 0.15) is 12.4 Å². The third kappa shape index (κ3) is 11.0. The fraction of sp³-hybridized carbons (Fsp3) is 0.290. The van der Waals surface area contributed by atoms with Gasteiger partial charge in [-0.15, -0.1) is 0 Å². The fourth-order valence-corrected chi connectivity index (χ4v) is 4.07. The molecule has 3 aromatic rings. The number of nitrogens with one attached hydrogen (secondary N) is 1. The molecular formula is C31H38N2O3S. The van der Waals surface area contributed by atoms with Crippen LogP contribution in [0.3, 0.4) is 0 Å². The molecule has 0 fully saturated rings.